The van der Waals surface area contributed by atoms with Gasteiger partial charge in [-0.3, -0.25) is 0 Å². The molecular formula is C11H16O4. The van der Waals surface area contributed by atoms with E-state index in [-0.39, 0.29) is 12.2 Å². The molecule has 1 spiro atoms. The van der Waals surface area contributed by atoms with E-state index in [4.69, 9.17) is 18.9 Å². The SMILES string of the molecule is C=CC1(C=C)OCOCC12COCOC2. The van der Waals surface area contributed by atoms with Crippen molar-refractivity contribution in [2.75, 3.05) is 33.4 Å². The van der Waals surface area contributed by atoms with Gasteiger partial charge in [0.25, 0.3) is 0 Å². The molecule has 0 saturated carbocycles. The second-order valence-corrected chi connectivity index (χ2v) is 3.91. The van der Waals surface area contributed by atoms with E-state index < -0.39 is 5.60 Å². The van der Waals surface area contributed by atoms with Crippen LogP contribution < -0.4 is 0 Å². The van der Waals surface area contributed by atoms with Gasteiger partial charge in [-0.1, -0.05) is 25.3 Å². The molecule has 2 saturated heterocycles. The van der Waals surface area contributed by atoms with Crippen LogP contribution in [0.3, 0.4) is 0 Å². The predicted octanol–water partition coefficient (Wildman–Crippen LogP) is 1.09. The summed E-state index contributed by atoms with van der Waals surface area (Å²) in [4.78, 5) is 0. The van der Waals surface area contributed by atoms with E-state index in [0.29, 0.717) is 26.6 Å². The number of hydrogen-bond acceptors (Lipinski definition) is 4. The first-order valence-electron chi connectivity index (χ1n) is 4.93. The highest BCUT2D eigenvalue weighted by Crippen LogP contribution is 2.42. The zero-order chi connectivity index (χ0) is 10.8. The largest absolute Gasteiger partial charge is 0.355 e. The fourth-order valence-corrected chi connectivity index (χ4v) is 2.16. The first-order chi connectivity index (χ1) is 7.29. The molecule has 84 valence electrons. The quantitative estimate of drug-likeness (QED) is 0.642. The average Bonchev–Trinajstić information content (AvgIpc) is 2.31. The highest BCUT2D eigenvalue weighted by atomic mass is 16.7. The summed E-state index contributed by atoms with van der Waals surface area (Å²) in [6.45, 7) is 9.80. The van der Waals surface area contributed by atoms with Crippen molar-refractivity contribution >= 4 is 0 Å². The molecule has 2 fully saturated rings. The summed E-state index contributed by atoms with van der Waals surface area (Å²) in [5.74, 6) is 0. The van der Waals surface area contributed by atoms with Gasteiger partial charge in [-0.2, -0.15) is 0 Å². The Morgan fingerprint density at radius 3 is 1.93 bits per heavy atom. The Labute approximate surface area is 89.5 Å². The third kappa shape index (κ3) is 1.54. The molecular weight excluding hydrogens is 196 g/mol. The minimum Gasteiger partial charge on any atom is -0.355 e. The fourth-order valence-electron chi connectivity index (χ4n) is 2.16. The van der Waals surface area contributed by atoms with Gasteiger partial charge in [0.15, 0.2) is 0 Å². The van der Waals surface area contributed by atoms with Gasteiger partial charge in [0, 0.05) is 0 Å². The summed E-state index contributed by atoms with van der Waals surface area (Å²) in [6, 6.07) is 0. The van der Waals surface area contributed by atoms with Crippen LogP contribution in [0.4, 0.5) is 0 Å². The van der Waals surface area contributed by atoms with Crippen LogP contribution in [0.1, 0.15) is 0 Å². The molecule has 0 N–H and O–H groups in total. The Morgan fingerprint density at radius 1 is 0.867 bits per heavy atom. The smallest absolute Gasteiger partial charge is 0.148 e. The molecule has 0 radical (unpaired) electrons. The molecule has 2 aliphatic heterocycles. The molecule has 15 heavy (non-hydrogen) atoms. The monoisotopic (exact) mass is 212 g/mol. The zero-order valence-electron chi connectivity index (χ0n) is 8.74. The van der Waals surface area contributed by atoms with Crippen molar-refractivity contribution in [3.05, 3.63) is 25.3 Å². The molecule has 0 unspecified atom stereocenters. The molecule has 2 rings (SSSR count). The van der Waals surface area contributed by atoms with Crippen LogP contribution in [0.5, 0.6) is 0 Å². The van der Waals surface area contributed by atoms with E-state index in [2.05, 4.69) is 13.2 Å². The Bertz CT molecular complexity index is 239. The lowest BCUT2D eigenvalue weighted by Crippen LogP contribution is -2.60. The van der Waals surface area contributed by atoms with Crippen molar-refractivity contribution in [1.29, 1.82) is 0 Å². The summed E-state index contributed by atoms with van der Waals surface area (Å²) in [5, 5.41) is 0. The minimum atomic E-state index is -0.619. The van der Waals surface area contributed by atoms with Gasteiger partial charge in [-0.05, 0) is 0 Å². The van der Waals surface area contributed by atoms with Gasteiger partial charge < -0.3 is 18.9 Å². The highest BCUT2D eigenvalue weighted by molar-refractivity contribution is 5.20. The van der Waals surface area contributed by atoms with Gasteiger partial charge in [0.05, 0.1) is 25.2 Å². The van der Waals surface area contributed by atoms with Crippen molar-refractivity contribution in [2.24, 2.45) is 5.41 Å². The van der Waals surface area contributed by atoms with Gasteiger partial charge in [0.1, 0.15) is 19.2 Å². The lowest BCUT2D eigenvalue weighted by atomic mass is 9.72. The van der Waals surface area contributed by atoms with Crippen LogP contribution in [0, 0.1) is 5.41 Å². The second kappa shape index (κ2) is 4.06. The first kappa shape index (κ1) is 10.8. The topological polar surface area (TPSA) is 36.9 Å². The Morgan fingerprint density at radius 2 is 1.40 bits per heavy atom. The van der Waals surface area contributed by atoms with Crippen LogP contribution in [0.15, 0.2) is 25.3 Å². The van der Waals surface area contributed by atoms with Crippen LogP contribution in [-0.4, -0.2) is 39.0 Å². The maximum atomic E-state index is 5.64. The van der Waals surface area contributed by atoms with Gasteiger partial charge >= 0.3 is 0 Å². The molecule has 0 aromatic rings. The molecule has 4 nitrogen and oxygen atoms in total. The standard InChI is InChI=1S/C11H16O4/c1-3-11(4-2)10(7-14-9-15-11)5-12-8-13-6-10/h3-4H,1-2,5-9H2. The third-order valence-electron chi connectivity index (χ3n) is 3.12. The first-order valence-corrected chi connectivity index (χ1v) is 4.93. The minimum absolute atomic E-state index is 0.250. The molecule has 0 atom stereocenters. The second-order valence-electron chi connectivity index (χ2n) is 3.91. The maximum Gasteiger partial charge on any atom is 0.148 e. The summed E-state index contributed by atoms with van der Waals surface area (Å²) < 4.78 is 21.7. The Kier molecular flexibility index (Phi) is 2.93. The molecule has 0 aromatic heterocycles. The van der Waals surface area contributed by atoms with Crippen molar-refractivity contribution in [3.8, 4) is 0 Å². The van der Waals surface area contributed by atoms with Gasteiger partial charge in [-0.15, -0.1) is 0 Å². The van der Waals surface area contributed by atoms with Crippen molar-refractivity contribution in [2.45, 2.75) is 5.60 Å². The fraction of sp³-hybridized carbons (Fsp3) is 0.636. The highest BCUT2D eigenvalue weighted by Gasteiger charge is 2.53. The molecule has 2 heterocycles. The van der Waals surface area contributed by atoms with E-state index >= 15 is 0 Å². The van der Waals surface area contributed by atoms with Crippen molar-refractivity contribution in [3.63, 3.8) is 0 Å². The number of rotatable bonds is 2. The van der Waals surface area contributed by atoms with Crippen molar-refractivity contribution in [1.82, 2.24) is 0 Å². The van der Waals surface area contributed by atoms with E-state index in [9.17, 15) is 0 Å². The van der Waals surface area contributed by atoms with Crippen molar-refractivity contribution < 1.29 is 18.9 Å². The van der Waals surface area contributed by atoms with E-state index in [0.717, 1.165) is 0 Å². The summed E-state index contributed by atoms with van der Waals surface area (Å²) >= 11 is 0. The number of hydrogen-bond donors (Lipinski definition) is 0. The van der Waals surface area contributed by atoms with Crippen LogP contribution in [-0.2, 0) is 18.9 Å². The Balaban J connectivity index is 2.31. The van der Waals surface area contributed by atoms with Crippen LogP contribution in [0.2, 0.25) is 0 Å². The molecule has 0 amide bonds. The summed E-state index contributed by atoms with van der Waals surface area (Å²) in [7, 11) is 0. The lowest BCUT2D eigenvalue weighted by Gasteiger charge is -2.50. The van der Waals surface area contributed by atoms with Gasteiger partial charge in [0.2, 0.25) is 0 Å². The van der Waals surface area contributed by atoms with E-state index in [1.165, 1.54) is 0 Å². The zero-order valence-corrected chi connectivity index (χ0v) is 8.74. The van der Waals surface area contributed by atoms with Crippen LogP contribution in [0.25, 0.3) is 0 Å². The predicted molar refractivity (Wildman–Crippen MR) is 54.2 cm³/mol. The summed E-state index contributed by atoms with van der Waals surface area (Å²) in [5.41, 5.74) is -0.974. The Hall–Kier alpha value is -0.680. The number of ether oxygens (including phenoxy) is 4. The molecule has 0 bridgehead atoms. The average molecular weight is 212 g/mol. The molecule has 2 aliphatic rings. The normalized spacial score (nSPS) is 28.5. The molecule has 0 aliphatic carbocycles. The maximum absolute atomic E-state index is 5.64. The lowest BCUT2D eigenvalue weighted by molar-refractivity contribution is -0.288. The molecule has 4 heteroatoms. The van der Waals surface area contributed by atoms with Gasteiger partial charge in [-0.25, -0.2) is 0 Å². The van der Waals surface area contributed by atoms with E-state index in [1.807, 2.05) is 0 Å². The molecule has 0 aromatic carbocycles. The van der Waals surface area contributed by atoms with Crippen LogP contribution >= 0.6 is 0 Å². The summed E-state index contributed by atoms with van der Waals surface area (Å²) in [6.07, 6.45) is 3.50. The third-order valence-corrected chi connectivity index (χ3v) is 3.12. The van der Waals surface area contributed by atoms with E-state index in [1.54, 1.807) is 12.2 Å².